The lowest BCUT2D eigenvalue weighted by Crippen LogP contribution is -2.22. The summed E-state index contributed by atoms with van der Waals surface area (Å²) in [6, 6.07) is 15.9. The highest BCUT2D eigenvalue weighted by molar-refractivity contribution is 7.11. The van der Waals surface area contributed by atoms with Crippen LogP contribution in [0.3, 0.4) is 0 Å². The maximum Gasteiger partial charge on any atom is 0.0323 e. The Balaban J connectivity index is 1.97. The standard InChI is InChI=1S/C18H25NS/c1-3-14-19-18(15-8-6-5-7-9-15)13-12-17-11-10-16(4-2)20-17/h5-11,18-19H,3-4,12-14H2,1-2H3. The van der Waals surface area contributed by atoms with Crippen molar-refractivity contribution in [1.82, 2.24) is 5.32 Å². The summed E-state index contributed by atoms with van der Waals surface area (Å²) in [5.74, 6) is 0. The van der Waals surface area contributed by atoms with Crippen molar-refractivity contribution < 1.29 is 0 Å². The molecule has 0 radical (unpaired) electrons. The molecule has 1 aromatic carbocycles. The van der Waals surface area contributed by atoms with Gasteiger partial charge >= 0.3 is 0 Å². The molecule has 0 fully saturated rings. The van der Waals surface area contributed by atoms with Crippen LogP contribution in [0.2, 0.25) is 0 Å². The van der Waals surface area contributed by atoms with E-state index in [1.807, 2.05) is 11.3 Å². The van der Waals surface area contributed by atoms with E-state index in [9.17, 15) is 0 Å². The molecule has 1 heterocycles. The van der Waals surface area contributed by atoms with Crippen molar-refractivity contribution in [2.75, 3.05) is 6.54 Å². The largest absolute Gasteiger partial charge is 0.310 e. The molecule has 0 aliphatic heterocycles. The predicted molar refractivity (Wildman–Crippen MR) is 89.5 cm³/mol. The van der Waals surface area contributed by atoms with Gasteiger partial charge in [0.15, 0.2) is 0 Å². The van der Waals surface area contributed by atoms with Gasteiger partial charge in [0.05, 0.1) is 0 Å². The van der Waals surface area contributed by atoms with E-state index in [1.165, 1.54) is 34.6 Å². The second kappa shape index (κ2) is 8.23. The summed E-state index contributed by atoms with van der Waals surface area (Å²) in [7, 11) is 0. The minimum absolute atomic E-state index is 0.475. The lowest BCUT2D eigenvalue weighted by molar-refractivity contribution is 0.501. The van der Waals surface area contributed by atoms with Gasteiger partial charge in [-0.05, 0) is 49.9 Å². The van der Waals surface area contributed by atoms with Gasteiger partial charge in [-0.1, -0.05) is 44.2 Å². The van der Waals surface area contributed by atoms with Crippen molar-refractivity contribution in [3.63, 3.8) is 0 Å². The molecule has 0 spiro atoms. The van der Waals surface area contributed by atoms with E-state index in [2.05, 4.69) is 61.6 Å². The third kappa shape index (κ3) is 4.46. The van der Waals surface area contributed by atoms with Gasteiger partial charge in [0.2, 0.25) is 0 Å². The van der Waals surface area contributed by atoms with Gasteiger partial charge in [0.25, 0.3) is 0 Å². The molecule has 0 saturated carbocycles. The number of rotatable bonds is 8. The molecule has 1 unspecified atom stereocenters. The molecule has 1 nitrogen and oxygen atoms in total. The molecule has 1 N–H and O–H groups in total. The van der Waals surface area contributed by atoms with Crippen molar-refractivity contribution >= 4 is 11.3 Å². The Morgan fingerprint density at radius 2 is 1.75 bits per heavy atom. The van der Waals surface area contributed by atoms with Crippen LogP contribution in [0.1, 0.15) is 48.0 Å². The van der Waals surface area contributed by atoms with Gasteiger partial charge in [0, 0.05) is 15.8 Å². The average Bonchev–Trinajstić information content (AvgIpc) is 2.96. The highest BCUT2D eigenvalue weighted by atomic mass is 32.1. The molecule has 108 valence electrons. The number of hydrogen-bond donors (Lipinski definition) is 1. The quantitative estimate of drug-likeness (QED) is 0.721. The van der Waals surface area contributed by atoms with E-state index in [-0.39, 0.29) is 0 Å². The van der Waals surface area contributed by atoms with E-state index < -0.39 is 0 Å². The highest BCUT2D eigenvalue weighted by Gasteiger charge is 2.11. The minimum Gasteiger partial charge on any atom is -0.310 e. The summed E-state index contributed by atoms with van der Waals surface area (Å²) in [4.78, 5) is 3.01. The summed E-state index contributed by atoms with van der Waals surface area (Å²) in [5.41, 5.74) is 1.41. The molecule has 2 aromatic rings. The van der Waals surface area contributed by atoms with Crippen LogP contribution in [0.4, 0.5) is 0 Å². The Morgan fingerprint density at radius 1 is 1.00 bits per heavy atom. The first kappa shape index (κ1) is 15.3. The molecule has 0 amide bonds. The minimum atomic E-state index is 0.475. The van der Waals surface area contributed by atoms with Crippen LogP contribution in [-0.4, -0.2) is 6.54 Å². The first-order valence-electron chi connectivity index (χ1n) is 7.69. The van der Waals surface area contributed by atoms with Crippen LogP contribution in [0.15, 0.2) is 42.5 Å². The van der Waals surface area contributed by atoms with Crippen molar-refractivity contribution in [3.05, 3.63) is 57.8 Å². The molecule has 2 rings (SSSR count). The first-order valence-corrected chi connectivity index (χ1v) is 8.51. The fraction of sp³-hybridized carbons (Fsp3) is 0.444. The van der Waals surface area contributed by atoms with E-state index >= 15 is 0 Å². The van der Waals surface area contributed by atoms with E-state index in [1.54, 1.807) is 0 Å². The maximum absolute atomic E-state index is 3.68. The Kier molecular flexibility index (Phi) is 6.28. The third-order valence-corrected chi connectivity index (χ3v) is 4.88. The van der Waals surface area contributed by atoms with Crippen LogP contribution in [0.25, 0.3) is 0 Å². The fourth-order valence-electron chi connectivity index (χ4n) is 2.42. The second-order valence-corrected chi connectivity index (χ2v) is 6.43. The van der Waals surface area contributed by atoms with Crippen molar-refractivity contribution in [1.29, 1.82) is 0 Å². The average molecular weight is 287 g/mol. The normalized spacial score (nSPS) is 12.5. The maximum atomic E-state index is 3.68. The van der Waals surface area contributed by atoms with Crippen LogP contribution in [-0.2, 0) is 12.8 Å². The Morgan fingerprint density at radius 3 is 2.40 bits per heavy atom. The van der Waals surface area contributed by atoms with Gasteiger partial charge in [0.1, 0.15) is 0 Å². The molecule has 20 heavy (non-hydrogen) atoms. The Hall–Kier alpha value is -1.12. The van der Waals surface area contributed by atoms with Gasteiger partial charge in [-0.15, -0.1) is 11.3 Å². The second-order valence-electron chi connectivity index (χ2n) is 5.18. The van der Waals surface area contributed by atoms with Crippen LogP contribution < -0.4 is 5.32 Å². The molecular formula is C18H25NS. The van der Waals surface area contributed by atoms with Crippen molar-refractivity contribution in [2.45, 2.75) is 45.6 Å². The fourth-order valence-corrected chi connectivity index (χ4v) is 3.40. The van der Waals surface area contributed by atoms with Crippen LogP contribution >= 0.6 is 11.3 Å². The van der Waals surface area contributed by atoms with Gasteiger partial charge in [-0.2, -0.15) is 0 Å². The number of thiophene rings is 1. The SMILES string of the molecule is CCCNC(CCc1ccc(CC)s1)c1ccccc1. The summed E-state index contributed by atoms with van der Waals surface area (Å²) >= 11 is 1.97. The Labute approximate surface area is 127 Å². The summed E-state index contributed by atoms with van der Waals surface area (Å²) < 4.78 is 0. The number of nitrogens with one attached hydrogen (secondary N) is 1. The van der Waals surface area contributed by atoms with E-state index in [0.29, 0.717) is 6.04 Å². The van der Waals surface area contributed by atoms with E-state index in [0.717, 1.165) is 13.0 Å². The zero-order valence-corrected chi connectivity index (χ0v) is 13.4. The topological polar surface area (TPSA) is 12.0 Å². The number of aryl methyl sites for hydroxylation is 2. The lowest BCUT2D eigenvalue weighted by atomic mass is 10.0. The summed E-state index contributed by atoms with van der Waals surface area (Å²) in [6.07, 6.45) is 4.68. The highest BCUT2D eigenvalue weighted by Crippen LogP contribution is 2.23. The zero-order valence-electron chi connectivity index (χ0n) is 12.6. The molecule has 0 saturated heterocycles. The summed E-state index contributed by atoms with van der Waals surface area (Å²) in [6.45, 7) is 5.54. The smallest absolute Gasteiger partial charge is 0.0323 e. The van der Waals surface area contributed by atoms with Crippen molar-refractivity contribution in [2.24, 2.45) is 0 Å². The van der Waals surface area contributed by atoms with Crippen LogP contribution in [0.5, 0.6) is 0 Å². The predicted octanol–water partition coefficient (Wildman–Crippen LogP) is 4.98. The Bertz CT molecular complexity index is 489. The summed E-state index contributed by atoms with van der Waals surface area (Å²) in [5, 5.41) is 3.68. The molecular weight excluding hydrogens is 262 g/mol. The van der Waals surface area contributed by atoms with Crippen molar-refractivity contribution in [3.8, 4) is 0 Å². The monoisotopic (exact) mass is 287 g/mol. The molecule has 0 aliphatic rings. The number of hydrogen-bond acceptors (Lipinski definition) is 2. The number of benzene rings is 1. The molecule has 1 aromatic heterocycles. The third-order valence-electron chi connectivity index (χ3n) is 3.59. The first-order chi connectivity index (χ1) is 9.83. The molecule has 1 atom stereocenters. The molecule has 0 aliphatic carbocycles. The van der Waals surface area contributed by atoms with Gasteiger partial charge < -0.3 is 5.32 Å². The lowest BCUT2D eigenvalue weighted by Gasteiger charge is -2.18. The van der Waals surface area contributed by atoms with Gasteiger partial charge in [-0.25, -0.2) is 0 Å². The van der Waals surface area contributed by atoms with Crippen LogP contribution in [0, 0.1) is 0 Å². The molecule has 0 bridgehead atoms. The van der Waals surface area contributed by atoms with E-state index in [4.69, 9.17) is 0 Å². The zero-order chi connectivity index (χ0) is 14.2. The van der Waals surface area contributed by atoms with Gasteiger partial charge in [-0.3, -0.25) is 0 Å². The molecule has 2 heteroatoms.